The third-order valence-corrected chi connectivity index (χ3v) is 3.93. The number of rotatable bonds is 9. The van der Waals surface area contributed by atoms with Crippen LogP contribution >= 0.6 is 11.3 Å². The van der Waals surface area contributed by atoms with Gasteiger partial charge in [-0.1, -0.05) is 6.92 Å². The highest BCUT2D eigenvalue weighted by molar-refractivity contribution is 7.13. The van der Waals surface area contributed by atoms with Crippen LogP contribution in [0.25, 0.3) is 11.3 Å². The number of hydrogen-bond acceptors (Lipinski definition) is 7. The number of nitrogens with two attached hydrogens (primary N) is 1. The molecule has 1 heterocycles. The molecule has 1 unspecified atom stereocenters. The lowest BCUT2D eigenvalue weighted by molar-refractivity contribution is -0.153. The van der Waals surface area contributed by atoms with Gasteiger partial charge in [0.2, 0.25) is 0 Å². The molecular weight excluding hydrogens is 328 g/mol. The summed E-state index contributed by atoms with van der Waals surface area (Å²) < 4.78 is 16.0. The predicted octanol–water partition coefficient (Wildman–Crippen LogP) is 3.13. The average Bonchev–Trinajstić information content (AvgIpc) is 3.03. The van der Waals surface area contributed by atoms with Gasteiger partial charge in [-0.25, -0.2) is 9.78 Å². The van der Waals surface area contributed by atoms with Gasteiger partial charge in [-0.3, -0.25) is 0 Å². The number of carbonyl (C=O) groups excluding carboxylic acids is 1. The summed E-state index contributed by atoms with van der Waals surface area (Å²) >= 11 is 1.40. The third-order valence-electron chi connectivity index (χ3n) is 3.26. The van der Waals surface area contributed by atoms with Gasteiger partial charge in [0, 0.05) is 17.6 Å². The highest BCUT2D eigenvalue weighted by Gasteiger charge is 2.20. The number of nitrogen functional groups attached to an aromatic ring is 1. The van der Waals surface area contributed by atoms with Crippen molar-refractivity contribution in [2.24, 2.45) is 0 Å². The van der Waals surface area contributed by atoms with Gasteiger partial charge in [0.05, 0.1) is 12.3 Å². The molecule has 0 aliphatic rings. The van der Waals surface area contributed by atoms with Gasteiger partial charge >= 0.3 is 5.97 Å². The molecule has 0 saturated heterocycles. The molecule has 2 rings (SSSR count). The van der Waals surface area contributed by atoms with Crippen molar-refractivity contribution >= 4 is 22.4 Å². The summed E-state index contributed by atoms with van der Waals surface area (Å²) in [5.41, 5.74) is 7.42. The number of ether oxygens (including phenoxy) is 3. The lowest BCUT2D eigenvalue weighted by Crippen LogP contribution is -2.29. The second-order valence-electron chi connectivity index (χ2n) is 4.97. The third kappa shape index (κ3) is 5.21. The number of carbonyl (C=O) groups is 1. The van der Waals surface area contributed by atoms with Gasteiger partial charge in [-0.05, 0) is 37.6 Å². The number of thiazole rings is 1. The average molecular weight is 350 g/mol. The number of hydrogen-bond donors (Lipinski definition) is 1. The summed E-state index contributed by atoms with van der Waals surface area (Å²) in [4.78, 5) is 16.2. The van der Waals surface area contributed by atoms with Crippen molar-refractivity contribution < 1.29 is 19.0 Å². The predicted molar refractivity (Wildman–Crippen MR) is 94.1 cm³/mol. The summed E-state index contributed by atoms with van der Waals surface area (Å²) in [6.07, 6.45) is -0.106. The topological polar surface area (TPSA) is 83.7 Å². The minimum atomic E-state index is -0.632. The van der Waals surface area contributed by atoms with Crippen LogP contribution in [0.4, 0.5) is 5.13 Å². The van der Waals surface area contributed by atoms with E-state index < -0.39 is 6.10 Å². The maximum Gasteiger partial charge on any atom is 0.347 e. The first-order chi connectivity index (χ1) is 11.6. The van der Waals surface area contributed by atoms with Crippen molar-refractivity contribution in [2.45, 2.75) is 26.4 Å². The zero-order valence-corrected chi connectivity index (χ0v) is 14.7. The standard InChI is InChI=1S/C17H22N2O4S/c1-3-15(16(20)22-10-9-21-4-2)23-13-7-5-12(6-8-13)14-11-24-17(18)19-14/h5-8,11,15H,3-4,9-10H2,1-2H3,(H2,18,19). The minimum Gasteiger partial charge on any atom is -0.479 e. The Morgan fingerprint density at radius 2 is 2.00 bits per heavy atom. The van der Waals surface area contributed by atoms with Crippen LogP contribution in [0.2, 0.25) is 0 Å². The second kappa shape index (κ2) is 9.24. The fraction of sp³-hybridized carbons (Fsp3) is 0.412. The normalized spacial score (nSPS) is 11.9. The molecule has 6 nitrogen and oxygen atoms in total. The van der Waals surface area contributed by atoms with Crippen molar-refractivity contribution in [3.63, 3.8) is 0 Å². The number of aromatic nitrogens is 1. The van der Waals surface area contributed by atoms with E-state index in [1.165, 1.54) is 11.3 Å². The molecule has 1 atom stereocenters. The van der Waals surface area contributed by atoms with Crippen molar-refractivity contribution in [1.29, 1.82) is 0 Å². The summed E-state index contributed by atoms with van der Waals surface area (Å²) in [7, 11) is 0. The van der Waals surface area contributed by atoms with E-state index in [1.54, 1.807) is 12.1 Å². The minimum absolute atomic E-state index is 0.233. The van der Waals surface area contributed by atoms with Crippen LogP contribution in [0, 0.1) is 0 Å². The van der Waals surface area contributed by atoms with Gasteiger partial charge in [-0.2, -0.15) is 0 Å². The zero-order chi connectivity index (χ0) is 17.4. The van der Waals surface area contributed by atoms with Crippen LogP contribution in [0.5, 0.6) is 5.75 Å². The van der Waals surface area contributed by atoms with E-state index in [4.69, 9.17) is 19.9 Å². The van der Waals surface area contributed by atoms with Crippen LogP contribution in [0.1, 0.15) is 20.3 Å². The van der Waals surface area contributed by atoms with E-state index in [9.17, 15) is 4.79 Å². The highest BCUT2D eigenvalue weighted by Crippen LogP contribution is 2.25. The molecule has 0 fully saturated rings. The summed E-state index contributed by atoms with van der Waals surface area (Å²) in [5.74, 6) is 0.226. The molecule has 0 radical (unpaired) electrons. The molecule has 0 amide bonds. The first kappa shape index (κ1) is 18.2. The number of benzene rings is 1. The smallest absolute Gasteiger partial charge is 0.347 e. The molecule has 0 saturated carbocycles. The molecule has 7 heteroatoms. The van der Waals surface area contributed by atoms with Crippen molar-refractivity contribution in [2.75, 3.05) is 25.6 Å². The van der Waals surface area contributed by atoms with Crippen molar-refractivity contribution in [3.8, 4) is 17.0 Å². The maximum atomic E-state index is 12.0. The quantitative estimate of drug-likeness (QED) is 0.552. The van der Waals surface area contributed by atoms with Gasteiger partial charge in [0.15, 0.2) is 11.2 Å². The summed E-state index contributed by atoms with van der Waals surface area (Å²) in [5, 5.41) is 2.43. The first-order valence-corrected chi connectivity index (χ1v) is 8.74. The Labute approximate surface area is 145 Å². The van der Waals surface area contributed by atoms with Gasteiger partial charge in [0.25, 0.3) is 0 Å². The van der Waals surface area contributed by atoms with E-state index in [-0.39, 0.29) is 12.6 Å². The Morgan fingerprint density at radius 3 is 2.58 bits per heavy atom. The van der Waals surface area contributed by atoms with Crippen LogP contribution in [0.3, 0.4) is 0 Å². The highest BCUT2D eigenvalue weighted by atomic mass is 32.1. The van der Waals surface area contributed by atoms with E-state index in [0.717, 1.165) is 11.3 Å². The number of anilines is 1. The molecule has 2 N–H and O–H groups in total. The van der Waals surface area contributed by atoms with Crippen LogP contribution in [-0.4, -0.2) is 36.9 Å². The molecule has 24 heavy (non-hydrogen) atoms. The Morgan fingerprint density at radius 1 is 1.25 bits per heavy atom. The van der Waals surface area contributed by atoms with Gasteiger partial charge in [-0.15, -0.1) is 11.3 Å². The van der Waals surface area contributed by atoms with Crippen molar-refractivity contribution in [3.05, 3.63) is 29.6 Å². The molecular formula is C17H22N2O4S. The Bertz CT molecular complexity index is 642. The van der Waals surface area contributed by atoms with Gasteiger partial charge in [0.1, 0.15) is 12.4 Å². The number of nitrogens with zero attached hydrogens (tertiary/aromatic N) is 1. The van der Waals surface area contributed by atoms with Crippen LogP contribution < -0.4 is 10.5 Å². The van der Waals surface area contributed by atoms with E-state index in [0.29, 0.717) is 30.5 Å². The molecule has 2 aromatic rings. The molecule has 0 aliphatic carbocycles. The fourth-order valence-corrected chi connectivity index (χ4v) is 2.60. The largest absolute Gasteiger partial charge is 0.479 e. The lowest BCUT2D eigenvalue weighted by atomic mass is 10.1. The molecule has 0 bridgehead atoms. The van der Waals surface area contributed by atoms with E-state index >= 15 is 0 Å². The van der Waals surface area contributed by atoms with Gasteiger partial charge < -0.3 is 19.9 Å². The Kier molecular flexibility index (Phi) is 7.02. The monoisotopic (exact) mass is 350 g/mol. The molecule has 1 aromatic heterocycles. The zero-order valence-electron chi connectivity index (χ0n) is 13.9. The Balaban J connectivity index is 1.92. The first-order valence-electron chi connectivity index (χ1n) is 7.86. The summed E-state index contributed by atoms with van der Waals surface area (Å²) in [6, 6.07) is 7.38. The SMILES string of the molecule is CCOCCOC(=O)C(CC)Oc1ccc(-c2csc(N)n2)cc1. The van der Waals surface area contributed by atoms with Crippen LogP contribution in [-0.2, 0) is 14.3 Å². The molecule has 0 spiro atoms. The molecule has 0 aliphatic heterocycles. The van der Waals surface area contributed by atoms with E-state index in [2.05, 4.69) is 4.98 Å². The number of esters is 1. The Hall–Kier alpha value is -2.12. The maximum absolute atomic E-state index is 12.0. The summed E-state index contributed by atoms with van der Waals surface area (Å²) in [6.45, 7) is 4.99. The van der Waals surface area contributed by atoms with Crippen molar-refractivity contribution in [1.82, 2.24) is 4.98 Å². The van der Waals surface area contributed by atoms with Crippen LogP contribution in [0.15, 0.2) is 29.6 Å². The fourth-order valence-electron chi connectivity index (χ4n) is 2.03. The second-order valence-corrected chi connectivity index (χ2v) is 5.86. The molecule has 130 valence electrons. The van der Waals surface area contributed by atoms with E-state index in [1.807, 2.05) is 31.4 Å². The lowest BCUT2D eigenvalue weighted by Gasteiger charge is -2.16. The molecule has 1 aromatic carbocycles.